The Balaban J connectivity index is 2.01. The number of carbonyl (C=O) groups excluding carboxylic acids is 1. The van der Waals surface area contributed by atoms with Gasteiger partial charge in [-0.15, -0.1) is 0 Å². The lowest BCUT2D eigenvalue weighted by Crippen LogP contribution is -2.39. The van der Waals surface area contributed by atoms with Crippen molar-refractivity contribution in [3.8, 4) is 5.75 Å². The molecule has 0 aliphatic carbocycles. The molecule has 1 aromatic rings. The molecule has 0 radical (unpaired) electrons. The molecule has 1 aliphatic heterocycles. The van der Waals surface area contributed by atoms with E-state index < -0.39 is 0 Å². The van der Waals surface area contributed by atoms with Crippen molar-refractivity contribution in [3.63, 3.8) is 0 Å². The number of para-hydroxylation sites is 1. The van der Waals surface area contributed by atoms with Crippen molar-refractivity contribution >= 4 is 5.97 Å². The van der Waals surface area contributed by atoms with Crippen molar-refractivity contribution in [2.24, 2.45) is 0 Å². The number of ether oxygens (including phenoxy) is 2. The van der Waals surface area contributed by atoms with Crippen LogP contribution in [0.1, 0.15) is 32.3 Å². The number of esters is 1. The molecule has 0 fully saturated rings. The van der Waals surface area contributed by atoms with Crippen LogP contribution in [-0.4, -0.2) is 43.2 Å². The summed E-state index contributed by atoms with van der Waals surface area (Å²) in [6.45, 7) is 8.30. The average Bonchev–Trinajstić information content (AvgIpc) is 2.82. The third-order valence-electron chi connectivity index (χ3n) is 3.62. The molecule has 0 saturated carbocycles. The van der Waals surface area contributed by atoms with Crippen LogP contribution in [0.15, 0.2) is 24.3 Å². The fourth-order valence-corrected chi connectivity index (χ4v) is 2.49. The van der Waals surface area contributed by atoms with Gasteiger partial charge in [0.05, 0.1) is 19.8 Å². The summed E-state index contributed by atoms with van der Waals surface area (Å²) in [6, 6.07) is 8.43. The van der Waals surface area contributed by atoms with Crippen LogP contribution in [0.25, 0.3) is 0 Å². The zero-order valence-corrected chi connectivity index (χ0v) is 12.5. The molecule has 1 heterocycles. The molecule has 4 nitrogen and oxygen atoms in total. The maximum Gasteiger partial charge on any atom is 0.320 e. The molecule has 110 valence electrons. The van der Waals surface area contributed by atoms with Gasteiger partial charge in [0.15, 0.2) is 0 Å². The van der Waals surface area contributed by atoms with Gasteiger partial charge in [-0.05, 0) is 26.8 Å². The van der Waals surface area contributed by atoms with E-state index in [1.165, 1.54) is 5.56 Å². The second-order valence-electron chi connectivity index (χ2n) is 5.37. The van der Waals surface area contributed by atoms with Gasteiger partial charge in [0.25, 0.3) is 0 Å². The fourth-order valence-electron chi connectivity index (χ4n) is 2.49. The molecule has 0 amide bonds. The summed E-state index contributed by atoms with van der Waals surface area (Å²) in [5.41, 5.74) is 1.24. The Morgan fingerprint density at radius 3 is 2.90 bits per heavy atom. The Morgan fingerprint density at radius 2 is 2.20 bits per heavy atom. The van der Waals surface area contributed by atoms with Crippen LogP contribution in [0, 0.1) is 0 Å². The second kappa shape index (κ2) is 6.75. The van der Waals surface area contributed by atoms with Crippen molar-refractivity contribution in [3.05, 3.63) is 29.8 Å². The first-order valence-electron chi connectivity index (χ1n) is 7.23. The molecule has 1 aliphatic rings. The zero-order chi connectivity index (χ0) is 14.5. The van der Waals surface area contributed by atoms with Gasteiger partial charge in [0, 0.05) is 24.1 Å². The van der Waals surface area contributed by atoms with E-state index in [0.29, 0.717) is 31.7 Å². The predicted molar refractivity (Wildman–Crippen MR) is 78.0 cm³/mol. The summed E-state index contributed by atoms with van der Waals surface area (Å²) in [5.74, 6) is 1.13. The molecule has 1 atom stereocenters. The smallest absolute Gasteiger partial charge is 0.320 e. The summed E-state index contributed by atoms with van der Waals surface area (Å²) in [6.07, 6.45) is 0. The van der Waals surface area contributed by atoms with E-state index in [4.69, 9.17) is 9.47 Å². The zero-order valence-electron chi connectivity index (χ0n) is 12.5. The molecule has 20 heavy (non-hydrogen) atoms. The van der Waals surface area contributed by atoms with Gasteiger partial charge in [-0.2, -0.15) is 0 Å². The van der Waals surface area contributed by atoms with Crippen molar-refractivity contribution in [2.45, 2.75) is 32.7 Å². The molecule has 2 rings (SSSR count). The van der Waals surface area contributed by atoms with Gasteiger partial charge in [-0.1, -0.05) is 18.2 Å². The Hall–Kier alpha value is -1.55. The predicted octanol–water partition coefficient (Wildman–Crippen LogP) is 2.44. The molecule has 0 saturated heterocycles. The number of rotatable bonds is 6. The molecule has 0 aromatic heterocycles. The van der Waals surface area contributed by atoms with Gasteiger partial charge < -0.3 is 9.47 Å². The summed E-state index contributed by atoms with van der Waals surface area (Å²) in [7, 11) is 0. The minimum absolute atomic E-state index is 0.159. The Labute approximate surface area is 120 Å². The third-order valence-corrected chi connectivity index (χ3v) is 3.62. The summed E-state index contributed by atoms with van der Waals surface area (Å²) >= 11 is 0. The van der Waals surface area contributed by atoms with Crippen LogP contribution >= 0.6 is 0 Å². The van der Waals surface area contributed by atoms with E-state index in [-0.39, 0.29) is 5.97 Å². The lowest BCUT2D eigenvalue weighted by atomic mass is 10.0. The first-order chi connectivity index (χ1) is 9.61. The highest BCUT2D eigenvalue weighted by molar-refractivity contribution is 5.71. The Bertz CT molecular complexity index is 459. The SMILES string of the molecule is CCOC(=O)CN(CC1COc2ccccc21)C(C)C. The monoisotopic (exact) mass is 277 g/mol. The van der Waals surface area contributed by atoms with Gasteiger partial charge in [0.2, 0.25) is 0 Å². The molecule has 1 unspecified atom stereocenters. The van der Waals surface area contributed by atoms with Crippen LogP contribution in [0.2, 0.25) is 0 Å². The third kappa shape index (κ3) is 3.51. The summed E-state index contributed by atoms with van der Waals surface area (Å²) in [5, 5.41) is 0. The van der Waals surface area contributed by atoms with Crippen LogP contribution in [-0.2, 0) is 9.53 Å². The lowest BCUT2D eigenvalue weighted by Gasteiger charge is -2.27. The van der Waals surface area contributed by atoms with E-state index in [1.54, 1.807) is 0 Å². The number of hydrogen-bond acceptors (Lipinski definition) is 4. The van der Waals surface area contributed by atoms with Gasteiger partial charge >= 0.3 is 5.97 Å². The highest BCUT2D eigenvalue weighted by Gasteiger charge is 2.27. The number of benzene rings is 1. The van der Waals surface area contributed by atoms with E-state index in [1.807, 2.05) is 25.1 Å². The van der Waals surface area contributed by atoms with E-state index in [9.17, 15) is 4.79 Å². The molecule has 1 aromatic carbocycles. The van der Waals surface area contributed by atoms with Crippen LogP contribution in [0.3, 0.4) is 0 Å². The number of nitrogens with zero attached hydrogens (tertiary/aromatic N) is 1. The number of fused-ring (bicyclic) bond motifs is 1. The summed E-state index contributed by atoms with van der Waals surface area (Å²) < 4.78 is 10.7. The average molecular weight is 277 g/mol. The van der Waals surface area contributed by atoms with Crippen molar-refractivity contribution in [1.29, 1.82) is 0 Å². The minimum atomic E-state index is -0.159. The summed E-state index contributed by atoms with van der Waals surface area (Å²) in [4.78, 5) is 13.8. The Morgan fingerprint density at radius 1 is 1.45 bits per heavy atom. The van der Waals surface area contributed by atoms with Crippen LogP contribution < -0.4 is 4.74 Å². The lowest BCUT2D eigenvalue weighted by molar-refractivity contribution is -0.145. The Kier molecular flexibility index (Phi) is 5.01. The largest absolute Gasteiger partial charge is 0.493 e. The number of hydrogen-bond donors (Lipinski definition) is 0. The molecule has 4 heteroatoms. The molecule has 0 spiro atoms. The second-order valence-corrected chi connectivity index (χ2v) is 5.37. The first kappa shape index (κ1) is 14.9. The van der Waals surface area contributed by atoms with Gasteiger partial charge in [-0.25, -0.2) is 0 Å². The van der Waals surface area contributed by atoms with Crippen LogP contribution in [0.5, 0.6) is 5.75 Å². The van der Waals surface area contributed by atoms with Gasteiger partial charge in [0.1, 0.15) is 5.75 Å². The fraction of sp³-hybridized carbons (Fsp3) is 0.562. The van der Waals surface area contributed by atoms with Crippen molar-refractivity contribution < 1.29 is 14.3 Å². The molecular weight excluding hydrogens is 254 g/mol. The number of carbonyl (C=O) groups is 1. The van der Waals surface area contributed by atoms with Crippen molar-refractivity contribution in [1.82, 2.24) is 4.90 Å². The van der Waals surface area contributed by atoms with Gasteiger partial charge in [-0.3, -0.25) is 9.69 Å². The maximum atomic E-state index is 11.7. The normalized spacial score (nSPS) is 17.1. The topological polar surface area (TPSA) is 38.8 Å². The molecule has 0 bridgehead atoms. The highest BCUT2D eigenvalue weighted by Crippen LogP contribution is 2.34. The molecule has 0 N–H and O–H groups in total. The van der Waals surface area contributed by atoms with Crippen LogP contribution in [0.4, 0.5) is 0 Å². The van der Waals surface area contributed by atoms with E-state index >= 15 is 0 Å². The minimum Gasteiger partial charge on any atom is -0.493 e. The van der Waals surface area contributed by atoms with Crippen molar-refractivity contribution in [2.75, 3.05) is 26.3 Å². The first-order valence-corrected chi connectivity index (χ1v) is 7.23. The van der Waals surface area contributed by atoms with E-state index in [0.717, 1.165) is 12.3 Å². The maximum absolute atomic E-state index is 11.7. The highest BCUT2D eigenvalue weighted by atomic mass is 16.5. The quantitative estimate of drug-likeness (QED) is 0.749. The molecular formula is C16H23NO3. The standard InChI is InChI=1S/C16H23NO3/c1-4-19-16(18)10-17(12(2)3)9-13-11-20-15-8-6-5-7-14(13)15/h5-8,12-13H,4,9-11H2,1-3H3. The van der Waals surface area contributed by atoms with E-state index in [2.05, 4.69) is 24.8 Å².